The lowest BCUT2D eigenvalue weighted by Crippen LogP contribution is -2.14. The average molecular weight is 356 g/mol. The van der Waals surface area contributed by atoms with Gasteiger partial charge in [-0.1, -0.05) is 17.7 Å². The predicted octanol–water partition coefficient (Wildman–Crippen LogP) is 3.71. The maximum atomic E-state index is 14.3. The van der Waals surface area contributed by atoms with Gasteiger partial charge in [0, 0.05) is 11.8 Å². The molecule has 0 aromatic heterocycles. The number of rotatable bonds is 5. The highest BCUT2D eigenvalue weighted by Gasteiger charge is 2.22. The van der Waals surface area contributed by atoms with E-state index in [-0.39, 0.29) is 17.1 Å². The van der Waals surface area contributed by atoms with E-state index >= 15 is 0 Å². The number of hydrogen-bond donors (Lipinski definition) is 2. The van der Waals surface area contributed by atoms with Crippen LogP contribution < -0.4 is 14.8 Å². The first-order valence-electron chi connectivity index (χ1n) is 7.00. The summed E-state index contributed by atoms with van der Waals surface area (Å²) in [5.41, 5.74) is 1.78. The number of benzene rings is 2. The van der Waals surface area contributed by atoms with Crippen LogP contribution in [-0.4, -0.2) is 21.8 Å². The summed E-state index contributed by atoms with van der Waals surface area (Å²) in [4.78, 5) is 0. The first-order valence-corrected chi connectivity index (χ1v) is 8.89. The first kappa shape index (κ1) is 18.0. The van der Waals surface area contributed by atoms with E-state index in [1.54, 1.807) is 19.1 Å². The van der Waals surface area contributed by atoms with Gasteiger partial charge in [0.15, 0.2) is 11.6 Å². The molecule has 0 fully saturated rings. The van der Waals surface area contributed by atoms with Crippen LogP contribution in [0.3, 0.4) is 0 Å². The Morgan fingerprint density at radius 3 is 2.29 bits per heavy atom. The van der Waals surface area contributed by atoms with Gasteiger partial charge in [0.1, 0.15) is 17.1 Å². The van der Waals surface area contributed by atoms with E-state index in [2.05, 4.69) is 10.0 Å². The summed E-state index contributed by atoms with van der Waals surface area (Å²) in [5, 5.41) is 2.75. The lowest BCUT2D eigenvalue weighted by molar-refractivity contribution is 0.409. The molecule has 0 saturated carbocycles. The topological polar surface area (TPSA) is 67.4 Å². The van der Waals surface area contributed by atoms with E-state index in [1.807, 2.05) is 13.0 Å². The molecule has 0 atom stereocenters. The molecule has 0 aliphatic heterocycles. The van der Waals surface area contributed by atoms with Gasteiger partial charge in [-0.15, -0.1) is 0 Å². The van der Waals surface area contributed by atoms with E-state index in [0.717, 1.165) is 23.4 Å². The predicted molar refractivity (Wildman–Crippen MR) is 90.6 cm³/mol. The van der Waals surface area contributed by atoms with Crippen molar-refractivity contribution >= 4 is 27.1 Å². The second-order valence-electron chi connectivity index (χ2n) is 5.44. The minimum Gasteiger partial charge on any atom is -0.494 e. The summed E-state index contributed by atoms with van der Waals surface area (Å²) in [6.07, 6.45) is 0.911. The molecule has 0 heterocycles. The molecule has 0 aliphatic carbocycles. The monoisotopic (exact) mass is 356 g/mol. The molecule has 130 valence electrons. The molecule has 0 radical (unpaired) electrons. The van der Waals surface area contributed by atoms with Gasteiger partial charge >= 0.3 is 0 Å². The number of hydrogen-bond acceptors (Lipinski definition) is 4. The fraction of sp³-hybridized carbons (Fsp3) is 0.250. The van der Waals surface area contributed by atoms with Crippen LogP contribution in [0, 0.1) is 25.5 Å². The molecule has 0 bridgehead atoms. The van der Waals surface area contributed by atoms with Gasteiger partial charge in [0.05, 0.1) is 13.4 Å². The Morgan fingerprint density at radius 2 is 1.75 bits per heavy atom. The van der Waals surface area contributed by atoms with Crippen molar-refractivity contribution in [3.8, 4) is 5.75 Å². The standard InChI is InChI=1S/C16H18F2N2O3S/c1-9-5-6-12(10(2)7-9)19-16-14(18)11(17)8-13(23-3)15(16)20-24(4,21)22/h5-8,19-20H,1-4H3. The third-order valence-electron chi connectivity index (χ3n) is 3.33. The van der Waals surface area contributed by atoms with Crippen molar-refractivity contribution in [2.45, 2.75) is 13.8 Å². The Balaban J connectivity index is 2.63. The van der Waals surface area contributed by atoms with Gasteiger partial charge in [0.2, 0.25) is 10.0 Å². The SMILES string of the molecule is COc1cc(F)c(F)c(Nc2ccc(C)cc2C)c1NS(C)(=O)=O. The Kier molecular flexibility index (Phi) is 4.98. The maximum absolute atomic E-state index is 14.3. The van der Waals surface area contributed by atoms with Gasteiger partial charge in [-0.3, -0.25) is 4.72 Å². The Morgan fingerprint density at radius 1 is 1.08 bits per heavy atom. The van der Waals surface area contributed by atoms with Crippen LogP contribution in [0.15, 0.2) is 24.3 Å². The average Bonchev–Trinajstić information content (AvgIpc) is 2.47. The van der Waals surface area contributed by atoms with Crippen molar-refractivity contribution in [1.82, 2.24) is 0 Å². The lowest BCUT2D eigenvalue weighted by Gasteiger charge is -2.18. The van der Waals surface area contributed by atoms with Crippen LogP contribution in [0.25, 0.3) is 0 Å². The van der Waals surface area contributed by atoms with Crippen molar-refractivity contribution in [3.63, 3.8) is 0 Å². The van der Waals surface area contributed by atoms with Gasteiger partial charge in [-0.2, -0.15) is 0 Å². The summed E-state index contributed by atoms with van der Waals surface area (Å²) in [6.45, 7) is 3.70. The summed E-state index contributed by atoms with van der Waals surface area (Å²) < 4.78 is 58.4. The fourth-order valence-corrected chi connectivity index (χ4v) is 2.83. The summed E-state index contributed by atoms with van der Waals surface area (Å²) in [5.74, 6) is -2.49. The van der Waals surface area contributed by atoms with Crippen molar-refractivity contribution in [1.29, 1.82) is 0 Å². The van der Waals surface area contributed by atoms with Crippen LogP contribution in [-0.2, 0) is 10.0 Å². The van der Waals surface area contributed by atoms with E-state index in [1.165, 1.54) is 7.11 Å². The molecule has 2 aromatic rings. The number of anilines is 3. The Labute approximate surface area is 139 Å². The molecule has 0 amide bonds. The zero-order valence-electron chi connectivity index (χ0n) is 13.7. The Hall–Kier alpha value is -2.35. The molecule has 2 rings (SSSR count). The summed E-state index contributed by atoms with van der Waals surface area (Å²) >= 11 is 0. The smallest absolute Gasteiger partial charge is 0.230 e. The molecule has 2 aromatic carbocycles. The van der Waals surface area contributed by atoms with E-state index < -0.39 is 21.7 Å². The zero-order valence-corrected chi connectivity index (χ0v) is 14.5. The van der Waals surface area contributed by atoms with Crippen LogP contribution >= 0.6 is 0 Å². The van der Waals surface area contributed by atoms with Crippen molar-refractivity contribution < 1.29 is 21.9 Å². The minimum atomic E-state index is -3.73. The fourth-order valence-electron chi connectivity index (χ4n) is 2.26. The van der Waals surface area contributed by atoms with Crippen LogP contribution in [0.4, 0.5) is 25.8 Å². The molecular formula is C16H18F2N2O3S. The van der Waals surface area contributed by atoms with Gasteiger partial charge in [-0.25, -0.2) is 17.2 Å². The molecule has 5 nitrogen and oxygen atoms in total. The first-order chi connectivity index (χ1) is 11.1. The molecule has 0 spiro atoms. The van der Waals surface area contributed by atoms with E-state index in [0.29, 0.717) is 5.69 Å². The van der Waals surface area contributed by atoms with Crippen LogP contribution in [0.5, 0.6) is 5.75 Å². The largest absolute Gasteiger partial charge is 0.494 e. The van der Waals surface area contributed by atoms with Gasteiger partial charge in [0.25, 0.3) is 0 Å². The highest BCUT2D eigenvalue weighted by atomic mass is 32.2. The van der Waals surface area contributed by atoms with Crippen molar-refractivity contribution in [2.75, 3.05) is 23.4 Å². The highest BCUT2D eigenvalue weighted by Crippen LogP contribution is 2.39. The van der Waals surface area contributed by atoms with Crippen molar-refractivity contribution in [2.24, 2.45) is 0 Å². The normalized spacial score (nSPS) is 11.2. The third kappa shape index (κ3) is 3.94. The number of halogens is 2. The van der Waals surface area contributed by atoms with E-state index in [4.69, 9.17) is 4.74 Å². The summed E-state index contributed by atoms with van der Waals surface area (Å²) in [6, 6.07) is 6.15. The molecule has 0 aliphatic rings. The molecule has 2 N–H and O–H groups in total. The van der Waals surface area contributed by atoms with Gasteiger partial charge in [-0.05, 0) is 25.5 Å². The molecule has 24 heavy (non-hydrogen) atoms. The number of aryl methyl sites for hydroxylation is 2. The highest BCUT2D eigenvalue weighted by molar-refractivity contribution is 7.92. The van der Waals surface area contributed by atoms with Crippen molar-refractivity contribution in [3.05, 3.63) is 47.0 Å². The second kappa shape index (κ2) is 6.64. The Bertz CT molecular complexity index is 883. The third-order valence-corrected chi connectivity index (χ3v) is 3.91. The van der Waals surface area contributed by atoms with Crippen LogP contribution in [0.1, 0.15) is 11.1 Å². The molecule has 0 saturated heterocycles. The minimum absolute atomic E-state index is 0.133. The number of nitrogens with one attached hydrogen (secondary N) is 2. The lowest BCUT2D eigenvalue weighted by atomic mass is 10.1. The van der Waals surface area contributed by atoms with Gasteiger partial charge < -0.3 is 10.1 Å². The van der Waals surface area contributed by atoms with E-state index in [9.17, 15) is 17.2 Å². The number of sulfonamides is 1. The molecule has 0 unspecified atom stereocenters. The summed E-state index contributed by atoms with van der Waals surface area (Å²) in [7, 11) is -2.49. The molecule has 8 heteroatoms. The molecular weight excluding hydrogens is 338 g/mol. The van der Waals surface area contributed by atoms with Crippen LogP contribution in [0.2, 0.25) is 0 Å². The zero-order chi connectivity index (χ0) is 18.1. The number of methoxy groups -OCH3 is 1. The maximum Gasteiger partial charge on any atom is 0.230 e. The quantitative estimate of drug-likeness (QED) is 0.857. The number of ether oxygens (including phenoxy) is 1. The second-order valence-corrected chi connectivity index (χ2v) is 7.19.